The van der Waals surface area contributed by atoms with Crippen molar-refractivity contribution in [3.8, 4) is 0 Å². The Morgan fingerprint density at radius 3 is 2.37 bits per heavy atom. The fraction of sp³-hybridized carbons (Fsp3) is 0.889. The van der Waals surface area contributed by atoms with Gasteiger partial charge in [0.05, 0.1) is 13.4 Å². The number of esters is 1. The SMILES string of the molecule is COC(=O)[C@H]1CC[C@@H](CC2CCCN(S(C)(=O)=O)C2)N1C(=O)OC(C)(C)C. The van der Waals surface area contributed by atoms with E-state index in [1.165, 1.54) is 22.6 Å². The molecule has 0 N–H and O–H groups in total. The van der Waals surface area contributed by atoms with Crippen LogP contribution in [0.5, 0.6) is 0 Å². The predicted octanol–water partition coefficient (Wildman–Crippen LogP) is 1.99. The van der Waals surface area contributed by atoms with Crippen molar-refractivity contribution in [1.82, 2.24) is 9.21 Å². The number of methoxy groups -OCH3 is 1. The summed E-state index contributed by atoms with van der Waals surface area (Å²) in [7, 11) is -1.91. The van der Waals surface area contributed by atoms with Crippen molar-refractivity contribution >= 4 is 22.1 Å². The number of carbonyl (C=O) groups is 2. The van der Waals surface area contributed by atoms with E-state index in [-0.39, 0.29) is 12.0 Å². The number of nitrogens with zero attached hydrogens (tertiary/aromatic N) is 2. The summed E-state index contributed by atoms with van der Waals surface area (Å²) >= 11 is 0. The number of hydrogen-bond acceptors (Lipinski definition) is 6. The summed E-state index contributed by atoms with van der Waals surface area (Å²) in [6, 6.07) is -0.807. The number of rotatable bonds is 4. The van der Waals surface area contributed by atoms with Crippen molar-refractivity contribution in [2.45, 2.75) is 70.6 Å². The molecule has 27 heavy (non-hydrogen) atoms. The fourth-order valence-corrected chi connectivity index (χ4v) is 4.92. The lowest BCUT2D eigenvalue weighted by Gasteiger charge is -2.36. The molecule has 156 valence electrons. The number of sulfonamides is 1. The Labute approximate surface area is 162 Å². The van der Waals surface area contributed by atoms with Crippen LogP contribution in [0.2, 0.25) is 0 Å². The number of likely N-dealkylation sites (tertiary alicyclic amines) is 1. The van der Waals surface area contributed by atoms with Gasteiger partial charge in [0.25, 0.3) is 0 Å². The molecule has 0 aromatic rings. The summed E-state index contributed by atoms with van der Waals surface area (Å²) in [5.41, 5.74) is -0.664. The molecule has 2 aliphatic rings. The van der Waals surface area contributed by atoms with Gasteiger partial charge in [-0.2, -0.15) is 0 Å². The van der Waals surface area contributed by atoms with E-state index in [0.29, 0.717) is 32.4 Å². The van der Waals surface area contributed by atoms with Crippen LogP contribution in [-0.2, 0) is 24.3 Å². The topological polar surface area (TPSA) is 93.2 Å². The summed E-state index contributed by atoms with van der Waals surface area (Å²) in [5.74, 6) is -0.287. The second-order valence-electron chi connectivity index (χ2n) is 8.52. The Kier molecular flexibility index (Phi) is 6.78. The van der Waals surface area contributed by atoms with Crippen LogP contribution in [0, 0.1) is 5.92 Å². The van der Waals surface area contributed by atoms with Gasteiger partial charge in [0.15, 0.2) is 0 Å². The Balaban J connectivity index is 2.13. The van der Waals surface area contributed by atoms with Crippen molar-refractivity contribution in [1.29, 1.82) is 0 Å². The normalized spacial score (nSPS) is 27.4. The summed E-state index contributed by atoms with van der Waals surface area (Å²) in [6.45, 7) is 6.36. The first-order valence-electron chi connectivity index (χ1n) is 9.46. The maximum atomic E-state index is 12.8. The third-order valence-corrected chi connectivity index (χ3v) is 6.41. The largest absolute Gasteiger partial charge is 0.467 e. The van der Waals surface area contributed by atoms with Crippen LogP contribution < -0.4 is 0 Å². The van der Waals surface area contributed by atoms with Crippen LogP contribution in [0.25, 0.3) is 0 Å². The van der Waals surface area contributed by atoms with E-state index in [4.69, 9.17) is 9.47 Å². The quantitative estimate of drug-likeness (QED) is 0.665. The van der Waals surface area contributed by atoms with Gasteiger partial charge < -0.3 is 9.47 Å². The van der Waals surface area contributed by atoms with Gasteiger partial charge in [-0.3, -0.25) is 4.90 Å². The number of piperidine rings is 1. The third kappa shape index (κ3) is 5.81. The molecular formula is C18H32N2O6S. The van der Waals surface area contributed by atoms with Gasteiger partial charge in [0, 0.05) is 19.1 Å². The van der Waals surface area contributed by atoms with Gasteiger partial charge in [0.1, 0.15) is 11.6 Å². The van der Waals surface area contributed by atoms with Gasteiger partial charge in [-0.15, -0.1) is 0 Å². The molecule has 0 saturated carbocycles. The number of amides is 1. The molecule has 0 radical (unpaired) electrons. The van der Waals surface area contributed by atoms with Crippen molar-refractivity contribution in [2.75, 3.05) is 26.5 Å². The van der Waals surface area contributed by atoms with Crippen LogP contribution in [0.4, 0.5) is 4.79 Å². The molecule has 2 fully saturated rings. The molecule has 0 spiro atoms. The highest BCUT2D eigenvalue weighted by atomic mass is 32.2. The third-order valence-electron chi connectivity index (χ3n) is 5.14. The molecule has 8 nitrogen and oxygen atoms in total. The molecular weight excluding hydrogens is 372 g/mol. The molecule has 3 atom stereocenters. The predicted molar refractivity (Wildman–Crippen MR) is 101 cm³/mol. The highest BCUT2D eigenvalue weighted by molar-refractivity contribution is 7.88. The van der Waals surface area contributed by atoms with Gasteiger partial charge in [-0.25, -0.2) is 22.3 Å². The highest BCUT2D eigenvalue weighted by Gasteiger charge is 2.44. The first kappa shape index (κ1) is 21.9. The van der Waals surface area contributed by atoms with Gasteiger partial charge in [-0.05, 0) is 58.8 Å². The minimum absolute atomic E-state index is 0.153. The minimum atomic E-state index is -3.22. The molecule has 2 rings (SSSR count). The van der Waals surface area contributed by atoms with Gasteiger partial charge in [-0.1, -0.05) is 0 Å². The Morgan fingerprint density at radius 2 is 1.81 bits per heavy atom. The van der Waals surface area contributed by atoms with Crippen molar-refractivity contribution in [3.63, 3.8) is 0 Å². The summed E-state index contributed by atoms with van der Waals surface area (Å²) in [4.78, 5) is 26.4. The van der Waals surface area contributed by atoms with E-state index in [0.717, 1.165) is 12.8 Å². The van der Waals surface area contributed by atoms with Crippen LogP contribution in [0.1, 0.15) is 52.9 Å². The molecule has 2 saturated heterocycles. The Hall–Kier alpha value is -1.35. The summed E-state index contributed by atoms with van der Waals surface area (Å²) < 4.78 is 35.6. The second-order valence-corrected chi connectivity index (χ2v) is 10.5. The Morgan fingerprint density at radius 1 is 1.15 bits per heavy atom. The molecule has 2 aliphatic heterocycles. The summed E-state index contributed by atoms with van der Waals surface area (Å²) in [6.07, 6.45) is 4.28. The smallest absolute Gasteiger partial charge is 0.411 e. The zero-order valence-electron chi connectivity index (χ0n) is 16.9. The molecule has 1 amide bonds. The number of carbonyl (C=O) groups excluding carboxylic acids is 2. The molecule has 0 aromatic carbocycles. The number of hydrogen-bond donors (Lipinski definition) is 0. The molecule has 9 heteroatoms. The van der Waals surface area contributed by atoms with E-state index in [2.05, 4.69) is 0 Å². The first-order chi connectivity index (χ1) is 12.4. The highest BCUT2D eigenvalue weighted by Crippen LogP contribution is 2.33. The van der Waals surface area contributed by atoms with Crippen molar-refractivity contribution < 1.29 is 27.5 Å². The lowest BCUT2D eigenvalue weighted by atomic mass is 9.91. The molecule has 0 aromatic heterocycles. The van der Waals surface area contributed by atoms with E-state index in [1.54, 1.807) is 20.8 Å². The standard InChI is InChI=1S/C18H32N2O6S/c1-18(2,3)26-17(22)20-14(8-9-15(20)16(21)25-4)11-13-7-6-10-19(12-13)27(5,23)24/h13-15H,6-12H2,1-5H3/t13?,14-,15+/m0/s1. The van der Waals surface area contributed by atoms with Crippen LogP contribution in [0.3, 0.4) is 0 Å². The van der Waals surface area contributed by atoms with Crippen LogP contribution in [-0.4, -0.2) is 73.8 Å². The zero-order valence-corrected chi connectivity index (χ0v) is 17.8. The average molecular weight is 405 g/mol. The summed E-state index contributed by atoms with van der Waals surface area (Å²) in [5, 5.41) is 0. The minimum Gasteiger partial charge on any atom is -0.467 e. The molecule has 0 aliphatic carbocycles. The maximum absolute atomic E-state index is 12.8. The lowest BCUT2D eigenvalue weighted by molar-refractivity contribution is -0.146. The van der Waals surface area contributed by atoms with E-state index >= 15 is 0 Å². The molecule has 2 heterocycles. The van der Waals surface area contributed by atoms with Gasteiger partial charge in [0.2, 0.25) is 10.0 Å². The average Bonchev–Trinajstić information content (AvgIpc) is 2.95. The molecule has 0 bridgehead atoms. The van der Waals surface area contributed by atoms with Crippen molar-refractivity contribution in [2.24, 2.45) is 5.92 Å². The van der Waals surface area contributed by atoms with Gasteiger partial charge >= 0.3 is 12.1 Å². The monoisotopic (exact) mass is 404 g/mol. The van der Waals surface area contributed by atoms with Crippen molar-refractivity contribution in [3.05, 3.63) is 0 Å². The zero-order chi connectivity index (χ0) is 20.4. The molecule has 1 unspecified atom stereocenters. The second kappa shape index (κ2) is 8.34. The van der Waals surface area contributed by atoms with E-state index in [1.807, 2.05) is 0 Å². The van der Waals surface area contributed by atoms with Crippen LogP contribution in [0.15, 0.2) is 0 Å². The van der Waals surface area contributed by atoms with E-state index in [9.17, 15) is 18.0 Å². The van der Waals surface area contributed by atoms with Crippen LogP contribution >= 0.6 is 0 Å². The maximum Gasteiger partial charge on any atom is 0.411 e. The first-order valence-corrected chi connectivity index (χ1v) is 11.3. The number of ether oxygens (including phenoxy) is 2. The van der Waals surface area contributed by atoms with E-state index < -0.39 is 33.7 Å². The fourth-order valence-electron chi connectivity index (χ4n) is 3.98. The Bertz CT molecular complexity index is 657. The lowest BCUT2D eigenvalue weighted by Crippen LogP contribution is -2.49.